The molecule has 112 valence electrons. The molecule has 0 aromatic heterocycles. The zero-order valence-electron chi connectivity index (χ0n) is 12.0. The van der Waals surface area contributed by atoms with Gasteiger partial charge in [-0.05, 0) is 24.1 Å². The van der Waals surface area contributed by atoms with Crippen molar-refractivity contribution in [1.29, 1.82) is 0 Å². The van der Waals surface area contributed by atoms with Crippen molar-refractivity contribution in [2.45, 2.75) is 18.7 Å². The van der Waals surface area contributed by atoms with Crippen LogP contribution in [0.1, 0.15) is 24.2 Å². The third-order valence-electron chi connectivity index (χ3n) is 2.64. The second kappa shape index (κ2) is 6.45. The van der Waals surface area contributed by atoms with Gasteiger partial charge in [0.05, 0.1) is 5.69 Å². The second-order valence-electron chi connectivity index (χ2n) is 5.12. The predicted octanol–water partition coefficient (Wildman–Crippen LogP) is 2.07. The molecule has 1 N–H and O–H groups in total. The largest absolute Gasteiger partial charge is 0.377 e. The number of amides is 1. The molecule has 0 aliphatic carbocycles. The zero-order valence-corrected chi connectivity index (χ0v) is 13.5. The van der Waals surface area contributed by atoms with Gasteiger partial charge >= 0.3 is 0 Å². The standard InChI is InChI=1S/C13H19ClN2O3S/c1-9(2)8-15-13(17)10-5-6-11(16(3)4)12(7-10)20(14,18)19/h5-7,9H,8H2,1-4H3,(H,15,17). The normalized spacial score (nSPS) is 11.5. The van der Waals surface area contributed by atoms with E-state index in [0.29, 0.717) is 18.2 Å². The van der Waals surface area contributed by atoms with Gasteiger partial charge in [-0.3, -0.25) is 4.79 Å². The first-order valence-electron chi connectivity index (χ1n) is 6.17. The van der Waals surface area contributed by atoms with Crippen LogP contribution in [0.2, 0.25) is 0 Å². The Hall–Kier alpha value is -1.27. The summed E-state index contributed by atoms with van der Waals surface area (Å²) in [7, 11) is 4.93. The molecule has 0 aliphatic rings. The first kappa shape index (κ1) is 16.8. The average Bonchev–Trinajstić information content (AvgIpc) is 2.33. The van der Waals surface area contributed by atoms with Crippen molar-refractivity contribution in [3.63, 3.8) is 0 Å². The summed E-state index contributed by atoms with van der Waals surface area (Å²) in [6.45, 7) is 4.48. The summed E-state index contributed by atoms with van der Waals surface area (Å²) in [6, 6.07) is 4.45. The molecular weight excluding hydrogens is 300 g/mol. The summed E-state index contributed by atoms with van der Waals surface area (Å²) in [5.74, 6) is 0.00167. The highest BCUT2D eigenvalue weighted by Crippen LogP contribution is 2.27. The van der Waals surface area contributed by atoms with Gasteiger partial charge in [0.25, 0.3) is 15.0 Å². The minimum Gasteiger partial charge on any atom is -0.377 e. The number of benzene rings is 1. The highest BCUT2D eigenvalue weighted by atomic mass is 35.7. The number of hydrogen-bond donors (Lipinski definition) is 1. The van der Waals surface area contributed by atoms with Gasteiger partial charge in [-0.25, -0.2) is 8.42 Å². The fourth-order valence-corrected chi connectivity index (χ4v) is 2.76. The molecule has 0 aliphatic heterocycles. The maximum atomic E-state index is 11.9. The van der Waals surface area contributed by atoms with E-state index in [9.17, 15) is 13.2 Å². The monoisotopic (exact) mass is 318 g/mol. The van der Waals surface area contributed by atoms with E-state index in [4.69, 9.17) is 10.7 Å². The number of carbonyl (C=O) groups excluding carboxylic acids is 1. The van der Waals surface area contributed by atoms with Gasteiger partial charge in [-0.1, -0.05) is 13.8 Å². The smallest absolute Gasteiger partial charge is 0.263 e. The number of nitrogens with zero attached hydrogens (tertiary/aromatic N) is 1. The van der Waals surface area contributed by atoms with Crippen LogP contribution in [-0.4, -0.2) is 35.0 Å². The Labute approximate surface area is 124 Å². The van der Waals surface area contributed by atoms with Crippen LogP contribution in [0.3, 0.4) is 0 Å². The van der Waals surface area contributed by atoms with E-state index in [1.54, 1.807) is 31.1 Å². The zero-order chi connectivity index (χ0) is 15.5. The van der Waals surface area contributed by atoms with Crippen LogP contribution in [0.4, 0.5) is 5.69 Å². The van der Waals surface area contributed by atoms with Crippen LogP contribution in [0, 0.1) is 5.92 Å². The molecule has 0 saturated heterocycles. The first-order chi connectivity index (χ1) is 9.12. The summed E-state index contributed by atoms with van der Waals surface area (Å²) in [5.41, 5.74) is 0.718. The molecule has 1 aromatic rings. The van der Waals surface area contributed by atoms with E-state index < -0.39 is 9.05 Å². The number of halogens is 1. The van der Waals surface area contributed by atoms with E-state index in [2.05, 4.69) is 5.32 Å². The average molecular weight is 319 g/mol. The highest BCUT2D eigenvalue weighted by Gasteiger charge is 2.19. The second-order valence-corrected chi connectivity index (χ2v) is 7.65. The SMILES string of the molecule is CC(C)CNC(=O)c1ccc(N(C)C)c(S(=O)(=O)Cl)c1. The number of carbonyl (C=O) groups is 1. The lowest BCUT2D eigenvalue weighted by molar-refractivity contribution is 0.0949. The first-order valence-corrected chi connectivity index (χ1v) is 8.48. The number of anilines is 1. The summed E-state index contributed by atoms with van der Waals surface area (Å²) in [6.07, 6.45) is 0. The summed E-state index contributed by atoms with van der Waals surface area (Å²) in [5, 5.41) is 2.74. The van der Waals surface area contributed by atoms with Gasteiger partial charge in [-0.2, -0.15) is 0 Å². The molecule has 1 aromatic carbocycles. The van der Waals surface area contributed by atoms with Crippen LogP contribution in [0.15, 0.2) is 23.1 Å². The van der Waals surface area contributed by atoms with Crippen molar-refractivity contribution in [2.24, 2.45) is 5.92 Å². The van der Waals surface area contributed by atoms with Gasteiger partial charge in [0.15, 0.2) is 0 Å². The minimum absolute atomic E-state index is 0.0682. The van der Waals surface area contributed by atoms with E-state index in [-0.39, 0.29) is 16.4 Å². The Balaban J connectivity index is 3.17. The van der Waals surface area contributed by atoms with Crippen LogP contribution in [-0.2, 0) is 9.05 Å². The van der Waals surface area contributed by atoms with Gasteiger partial charge < -0.3 is 10.2 Å². The van der Waals surface area contributed by atoms with Gasteiger partial charge in [0.1, 0.15) is 4.90 Å². The van der Waals surface area contributed by atoms with Crippen LogP contribution in [0.25, 0.3) is 0 Å². The van der Waals surface area contributed by atoms with Gasteiger partial charge in [-0.15, -0.1) is 0 Å². The van der Waals surface area contributed by atoms with Crippen molar-refractivity contribution < 1.29 is 13.2 Å². The topological polar surface area (TPSA) is 66.5 Å². The third-order valence-corrected chi connectivity index (χ3v) is 3.99. The minimum atomic E-state index is -3.92. The fourth-order valence-electron chi connectivity index (χ4n) is 1.62. The number of hydrogen-bond acceptors (Lipinski definition) is 4. The van der Waals surface area contributed by atoms with Crippen LogP contribution < -0.4 is 10.2 Å². The molecule has 0 atom stereocenters. The maximum absolute atomic E-state index is 11.9. The molecule has 0 bridgehead atoms. The van der Waals surface area contributed by atoms with Crippen molar-refractivity contribution in [2.75, 3.05) is 25.5 Å². The van der Waals surface area contributed by atoms with E-state index in [1.165, 1.54) is 6.07 Å². The molecule has 0 saturated carbocycles. The molecule has 5 nitrogen and oxygen atoms in total. The Kier molecular flexibility index (Phi) is 5.42. The quantitative estimate of drug-likeness (QED) is 0.844. The van der Waals surface area contributed by atoms with E-state index in [1.807, 2.05) is 13.8 Å². The van der Waals surface area contributed by atoms with Crippen molar-refractivity contribution in [3.8, 4) is 0 Å². The molecule has 0 unspecified atom stereocenters. The van der Waals surface area contributed by atoms with Crippen molar-refractivity contribution in [3.05, 3.63) is 23.8 Å². The number of rotatable bonds is 5. The number of nitrogens with one attached hydrogen (secondary N) is 1. The van der Waals surface area contributed by atoms with E-state index in [0.717, 1.165) is 0 Å². The van der Waals surface area contributed by atoms with E-state index >= 15 is 0 Å². The van der Waals surface area contributed by atoms with Crippen LogP contribution in [0.5, 0.6) is 0 Å². The highest BCUT2D eigenvalue weighted by molar-refractivity contribution is 8.13. The Morgan fingerprint density at radius 3 is 2.40 bits per heavy atom. The summed E-state index contributed by atoms with van der Waals surface area (Å²) >= 11 is 0. The van der Waals surface area contributed by atoms with Crippen molar-refractivity contribution >= 4 is 31.3 Å². The molecule has 0 heterocycles. The molecule has 0 fully saturated rings. The molecule has 0 radical (unpaired) electrons. The Morgan fingerprint density at radius 1 is 1.35 bits per heavy atom. The summed E-state index contributed by atoms with van der Waals surface area (Å²) < 4.78 is 23.2. The lowest BCUT2D eigenvalue weighted by Crippen LogP contribution is -2.27. The molecule has 1 rings (SSSR count). The summed E-state index contributed by atoms with van der Waals surface area (Å²) in [4.78, 5) is 13.5. The van der Waals surface area contributed by atoms with Gasteiger partial charge in [0, 0.05) is 36.9 Å². The van der Waals surface area contributed by atoms with Gasteiger partial charge in [0.2, 0.25) is 0 Å². The predicted molar refractivity (Wildman–Crippen MR) is 81.0 cm³/mol. The molecule has 1 amide bonds. The lowest BCUT2D eigenvalue weighted by atomic mass is 10.1. The fraction of sp³-hybridized carbons (Fsp3) is 0.462. The molecule has 20 heavy (non-hydrogen) atoms. The van der Waals surface area contributed by atoms with Crippen molar-refractivity contribution in [1.82, 2.24) is 5.32 Å². The lowest BCUT2D eigenvalue weighted by Gasteiger charge is -2.17. The Bertz CT molecular complexity index is 598. The molecular formula is C13H19ClN2O3S. The third kappa shape index (κ3) is 4.38. The maximum Gasteiger partial charge on any atom is 0.263 e. The Morgan fingerprint density at radius 2 is 1.95 bits per heavy atom. The molecule has 0 spiro atoms. The molecule has 7 heteroatoms. The van der Waals surface area contributed by atoms with Crippen LogP contribution >= 0.6 is 10.7 Å².